The van der Waals surface area contributed by atoms with E-state index in [9.17, 15) is 14.8 Å². The van der Waals surface area contributed by atoms with Crippen LogP contribution in [0.5, 0.6) is 0 Å². The number of carbonyl (C=O) groups excluding carboxylic acids is 1. The summed E-state index contributed by atoms with van der Waals surface area (Å²) in [4.78, 5) is 25.5. The van der Waals surface area contributed by atoms with Crippen molar-refractivity contribution in [2.45, 2.75) is 33.2 Å². The van der Waals surface area contributed by atoms with Crippen LogP contribution in [0.15, 0.2) is 5.28 Å². The van der Waals surface area contributed by atoms with Crippen LogP contribution in [0.3, 0.4) is 0 Å². The Bertz CT molecular complexity index is 336. The molecule has 0 aromatic carbocycles. The van der Waals surface area contributed by atoms with E-state index in [1.807, 2.05) is 0 Å². The molecule has 0 aliphatic rings. The Labute approximate surface area is 104 Å². The van der Waals surface area contributed by atoms with Gasteiger partial charge in [0.2, 0.25) is 5.28 Å². The predicted octanol–water partition coefficient (Wildman–Crippen LogP) is 0.501. The molecule has 0 aromatic rings. The number of hydrogen-bond acceptors (Lipinski definition) is 6. The first-order chi connectivity index (χ1) is 8.14. The van der Waals surface area contributed by atoms with Gasteiger partial charge in [-0.05, 0) is 20.8 Å². The number of ether oxygens (including phenoxy) is 1. The van der Waals surface area contributed by atoms with Gasteiger partial charge in [0.05, 0.1) is 10.5 Å². The third-order valence-electron chi connectivity index (χ3n) is 1.71. The predicted molar refractivity (Wildman–Crippen MR) is 57.9 cm³/mol. The molecule has 18 heavy (non-hydrogen) atoms. The third kappa shape index (κ3) is 6.51. The van der Waals surface area contributed by atoms with Crippen molar-refractivity contribution >= 4 is 11.9 Å². The molecular formula is C9H17N3O6. The SMILES string of the molecule is CC(=O)OCO/N=[N+](/[O-])N(CC(=O)O)C(C)(C)C. The fraction of sp³-hybridized carbons (Fsp3) is 0.778. The molecule has 104 valence electrons. The number of hydrazine groups is 1. The van der Waals surface area contributed by atoms with Crippen molar-refractivity contribution < 1.29 is 29.2 Å². The van der Waals surface area contributed by atoms with Crippen LogP contribution in [0.4, 0.5) is 0 Å². The third-order valence-corrected chi connectivity index (χ3v) is 1.71. The van der Waals surface area contributed by atoms with Crippen LogP contribution in [-0.4, -0.2) is 45.9 Å². The van der Waals surface area contributed by atoms with Gasteiger partial charge in [0.15, 0.2) is 6.54 Å². The quantitative estimate of drug-likeness (QED) is 0.185. The number of carboxylic acids is 1. The molecule has 0 rings (SSSR count). The Morgan fingerprint density at radius 2 is 2.00 bits per heavy atom. The van der Waals surface area contributed by atoms with Crippen molar-refractivity contribution in [1.29, 1.82) is 0 Å². The van der Waals surface area contributed by atoms with Gasteiger partial charge in [-0.25, -0.2) is 0 Å². The number of hydrogen-bond donors (Lipinski definition) is 1. The zero-order valence-corrected chi connectivity index (χ0v) is 10.7. The van der Waals surface area contributed by atoms with Gasteiger partial charge in [0.1, 0.15) is 0 Å². The monoisotopic (exact) mass is 263 g/mol. The fourth-order valence-corrected chi connectivity index (χ4v) is 0.909. The summed E-state index contributed by atoms with van der Waals surface area (Å²) < 4.78 is 4.38. The summed E-state index contributed by atoms with van der Waals surface area (Å²) in [6.07, 6.45) is 0. The molecule has 0 aliphatic carbocycles. The highest BCUT2D eigenvalue weighted by atomic mass is 16.8. The number of nitrogens with zero attached hydrogens (tertiary/aromatic N) is 3. The summed E-state index contributed by atoms with van der Waals surface area (Å²) >= 11 is 0. The van der Waals surface area contributed by atoms with E-state index in [0.717, 1.165) is 5.01 Å². The van der Waals surface area contributed by atoms with Crippen molar-refractivity contribution in [3.05, 3.63) is 5.21 Å². The van der Waals surface area contributed by atoms with Crippen LogP contribution in [0.2, 0.25) is 0 Å². The molecule has 0 unspecified atom stereocenters. The second-order valence-electron chi connectivity index (χ2n) is 4.34. The highest BCUT2D eigenvalue weighted by Crippen LogP contribution is 2.13. The number of esters is 1. The van der Waals surface area contributed by atoms with Crippen LogP contribution >= 0.6 is 0 Å². The second kappa shape index (κ2) is 6.62. The van der Waals surface area contributed by atoms with Crippen molar-refractivity contribution in [3.63, 3.8) is 0 Å². The lowest BCUT2D eigenvalue weighted by Crippen LogP contribution is -2.48. The highest BCUT2D eigenvalue weighted by Gasteiger charge is 2.31. The van der Waals surface area contributed by atoms with E-state index in [2.05, 4.69) is 14.9 Å². The topological polar surface area (TPSA) is 114 Å². The van der Waals surface area contributed by atoms with Gasteiger partial charge in [-0.2, -0.15) is 0 Å². The average Bonchev–Trinajstić information content (AvgIpc) is 2.18. The lowest BCUT2D eigenvalue weighted by atomic mass is 10.1. The average molecular weight is 263 g/mol. The van der Waals surface area contributed by atoms with Gasteiger partial charge in [-0.3, -0.25) is 9.59 Å². The van der Waals surface area contributed by atoms with Crippen LogP contribution < -0.4 is 0 Å². The molecule has 0 atom stereocenters. The Balaban J connectivity index is 4.55. The first kappa shape index (κ1) is 15.9. The Kier molecular flexibility index (Phi) is 5.86. The molecule has 0 heterocycles. The van der Waals surface area contributed by atoms with Crippen LogP contribution in [0.1, 0.15) is 27.7 Å². The molecule has 0 saturated carbocycles. The fourth-order valence-electron chi connectivity index (χ4n) is 0.909. The summed E-state index contributed by atoms with van der Waals surface area (Å²) in [5.74, 6) is -1.76. The minimum atomic E-state index is -1.18. The summed E-state index contributed by atoms with van der Waals surface area (Å²) in [6, 6.07) is 0. The summed E-state index contributed by atoms with van der Waals surface area (Å²) in [6.45, 7) is 5.05. The zero-order chi connectivity index (χ0) is 14.3. The minimum Gasteiger partial charge on any atom is -0.569 e. The number of rotatable bonds is 6. The van der Waals surface area contributed by atoms with Gasteiger partial charge in [-0.1, -0.05) is 0 Å². The van der Waals surface area contributed by atoms with Gasteiger partial charge in [0, 0.05) is 6.92 Å². The number of carboxylic acid groups (broad SMARTS) is 1. The lowest BCUT2D eigenvalue weighted by molar-refractivity contribution is -0.724. The van der Waals surface area contributed by atoms with Crippen LogP contribution in [0.25, 0.3) is 0 Å². The first-order valence-corrected chi connectivity index (χ1v) is 5.07. The van der Waals surface area contributed by atoms with E-state index in [4.69, 9.17) is 5.11 Å². The van der Waals surface area contributed by atoms with Crippen molar-refractivity contribution in [1.82, 2.24) is 5.01 Å². The van der Waals surface area contributed by atoms with Gasteiger partial charge < -0.3 is 19.9 Å². The van der Waals surface area contributed by atoms with E-state index in [1.54, 1.807) is 20.8 Å². The maximum Gasteiger partial charge on any atom is 0.329 e. The molecule has 0 radical (unpaired) electrons. The molecule has 1 N–H and O–H groups in total. The molecule has 0 aliphatic heterocycles. The minimum absolute atomic E-state index is 0.0115. The lowest BCUT2D eigenvalue weighted by Gasteiger charge is -2.28. The van der Waals surface area contributed by atoms with Gasteiger partial charge >= 0.3 is 11.9 Å². The van der Waals surface area contributed by atoms with E-state index < -0.39 is 30.8 Å². The molecule has 0 aromatic heterocycles. The maximum atomic E-state index is 11.5. The van der Waals surface area contributed by atoms with Gasteiger partial charge in [0.25, 0.3) is 6.79 Å². The normalized spacial score (nSPS) is 11.9. The first-order valence-electron chi connectivity index (χ1n) is 5.07. The molecule has 0 spiro atoms. The summed E-state index contributed by atoms with van der Waals surface area (Å²) in [7, 11) is 0. The second-order valence-corrected chi connectivity index (χ2v) is 4.34. The molecule has 9 heteroatoms. The highest BCUT2D eigenvalue weighted by molar-refractivity contribution is 5.68. The smallest absolute Gasteiger partial charge is 0.329 e. The maximum absolute atomic E-state index is 11.5. The summed E-state index contributed by atoms with van der Waals surface area (Å²) in [5.41, 5.74) is -0.756. The van der Waals surface area contributed by atoms with E-state index in [1.165, 1.54) is 6.92 Å². The largest absolute Gasteiger partial charge is 0.569 e. The van der Waals surface area contributed by atoms with E-state index >= 15 is 0 Å². The molecule has 0 saturated heterocycles. The Morgan fingerprint density at radius 1 is 1.44 bits per heavy atom. The zero-order valence-electron chi connectivity index (χ0n) is 10.7. The van der Waals surface area contributed by atoms with E-state index in [-0.39, 0.29) is 4.97 Å². The van der Waals surface area contributed by atoms with Crippen LogP contribution in [0, 0.1) is 5.21 Å². The standard InChI is InChI=1S/C9H17N3O6/c1-7(13)17-6-18-10-12(16)11(5-8(14)15)9(2,3)4/h5-6H2,1-4H3,(H,14,15)/b12-10+. The molecule has 0 fully saturated rings. The van der Waals surface area contributed by atoms with Crippen molar-refractivity contribution in [2.75, 3.05) is 13.3 Å². The van der Waals surface area contributed by atoms with Gasteiger partial charge in [-0.15, -0.1) is 5.01 Å². The molecular weight excluding hydrogens is 246 g/mol. The molecule has 0 amide bonds. The Morgan fingerprint density at radius 3 is 2.39 bits per heavy atom. The number of carbonyl (C=O) groups is 2. The van der Waals surface area contributed by atoms with Crippen molar-refractivity contribution in [3.8, 4) is 0 Å². The summed E-state index contributed by atoms with van der Waals surface area (Å²) in [5, 5.41) is 24.2. The van der Waals surface area contributed by atoms with Crippen LogP contribution in [-0.2, 0) is 19.2 Å². The molecule has 9 nitrogen and oxygen atoms in total. The van der Waals surface area contributed by atoms with Crippen molar-refractivity contribution in [2.24, 2.45) is 5.28 Å². The van der Waals surface area contributed by atoms with E-state index in [0.29, 0.717) is 0 Å². The molecule has 0 bridgehead atoms. The number of aliphatic carboxylic acids is 1. The Hall–Kier alpha value is -2.06.